The molecule has 106 valence electrons. The molecule has 0 aromatic heterocycles. The van der Waals surface area contributed by atoms with Crippen molar-refractivity contribution in [1.82, 2.24) is 4.90 Å². The molecule has 1 atom stereocenters. The van der Waals surface area contributed by atoms with Gasteiger partial charge in [-0.05, 0) is 63.2 Å². The van der Waals surface area contributed by atoms with Crippen molar-refractivity contribution in [3.63, 3.8) is 0 Å². The van der Waals surface area contributed by atoms with Gasteiger partial charge < -0.3 is 9.47 Å². The van der Waals surface area contributed by atoms with Crippen LogP contribution in [0.25, 0.3) is 0 Å². The van der Waals surface area contributed by atoms with Gasteiger partial charge in [-0.25, -0.2) is 4.79 Å². The van der Waals surface area contributed by atoms with Gasteiger partial charge in [-0.15, -0.1) is 0 Å². The average molecular weight is 265 g/mol. The van der Waals surface area contributed by atoms with Gasteiger partial charge in [0.25, 0.3) is 0 Å². The quantitative estimate of drug-likeness (QED) is 0.784. The third kappa shape index (κ3) is 2.89. The second kappa shape index (κ2) is 6.06. The molecular weight excluding hydrogens is 242 g/mol. The zero-order valence-electron chi connectivity index (χ0n) is 12.8. The van der Waals surface area contributed by atoms with Crippen LogP contribution in [0.15, 0.2) is 6.07 Å². The van der Waals surface area contributed by atoms with E-state index < -0.39 is 6.04 Å². The Balaban J connectivity index is 3.48. The summed E-state index contributed by atoms with van der Waals surface area (Å²) < 4.78 is 10.3. The number of carbonyl (C=O) groups is 1. The molecule has 0 aliphatic heterocycles. The first-order chi connectivity index (χ1) is 8.84. The van der Waals surface area contributed by atoms with E-state index in [0.29, 0.717) is 0 Å². The van der Waals surface area contributed by atoms with Crippen LogP contribution in [0.2, 0.25) is 0 Å². The van der Waals surface area contributed by atoms with E-state index in [-0.39, 0.29) is 5.97 Å². The summed E-state index contributed by atoms with van der Waals surface area (Å²) in [4.78, 5) is 13.9. The summed E-state index contributed by atoms with van der Waals surface area (Å²) in [5, 5.41) is 0. The third-order valence-corrected chi connectivity index (χ3v) is 3.54. The number of aryl methyl sites for hydroxylation is 1. The van der Waals surface area contributed by atoms with Gasteiger partial charge in [-0.3, -0.25) is 4.90 Å². The summed E-state index contributed by atoms with van der Waals surface area (Å²) in [6.07, 6.45) is 0. The molecule has 4 heteroatoms. The van der Waals surface area contributed by atoms with E-state index in [1.807, 2.05) is 45.8 Å². The standard InChI is InChI=1S/C15H23NO3/c1-9-8-12(18-6)10(2)11(3)13(9)14(16(4)5)15(17)19-7/h8,14H,1-7H3. The highest BCUT2D eigenvalue weighted by Gasteiger charge is 2.28. The first-order valence-electron chi connectivity index (χ1n) is 6.24. The molecule has 0 amide bonds. The van der Waals surface area contributed by atoms with Crippen LogP contribution in [0.1, 0.15) is 28.3 Å². The fourth-order valence-electron chi connectivity index (χ4n) is 2.40. The predicted octanol–water partition coefficient (Wildman–Crippen LogP) is 2.40. The maximum atomic E-state index is 12.0. The van der Waals surface area contributed by atoms with Crippen LogP contribution < -0.4 is 4.74 Å². The Morgan fingerprint density at radius 1 is 1.16 bits per heavy atom. The van der Waals surface area contributed by atoms with E-state index in [0.717, 1.165) is 28.0 Å². The Hall–Kier alpha value is -1.55. The van der Waals surface area contributed by atoms with E-state index in [1.54, 1.807) is 7.11 Å². The van der Waals surface area contributed by atoms with Crippen molar-refractivity contribution in [3.8, 4) is 5.75 Å². The zero-order chi connectivity index (χ0) is 14.7. The molecule has 0 aliphatic rings. The number of likely N-dealkylation sites (N-methyl/N-ethyl adjacent to an activating group) is 1. The fourth-order valence-corrected chi connectivity index (χ4v) is 2.40. The van der Waals surface area contributed by atoms with Gasteiger partial charge in [-0.2, -0.15) is 0 Å². The average Bonchev–Trinajstić information content (AvgIpc) is 2.37. The molecule has 0 saturated carbocycles. The van der Waals surface area contributed by atoms with Gasteiger partial charge in [0.05, 0.1) is 14.2 Å². The number of rotatable bonds is 4. The van der Waals surface area contributed by atoms with Crippen LogP contribution in [0, 0.1) is 20.8 Å². The summed E-state index contributed by atoms with van der Waals surface area (Å²) in [7, 11) is 6.82. The van der Waals surface area contributed by atoms with Crippen LogP contribution >= 0.6 is 0 Å². The number of nitrogens with zero attached hydrogens (tertiary/aromatic N) is 1. The Labute approximate surface area is 115 Å². The second-order valence-corrected chi connectivity index (χ2v) is 4.95. The summed E-state index contributed by atoms with van der Waals surface area (Å²) in [5.41, 5.74) is 4.15. The lowest BCUT2D eigenvalue weighted by Gasteiger charge is -2.27. The van der Waals surface area contributed by atoms with Crippen molar-refractivity contribution in [2.24, 2.45) is 0 Å². The minimum Gasteiger partial charge on any atom is -0.496 e. The molecule has 0 bridgehead atoms. The van der Waals surface area contributed by atoms with Crippen molar-refractivity contribution >= 4 is 5.97 Å². The molecule has 1 unspecified atom stereocenters. The molecule has 0 heterocycles. The molecule has 1 rings (SSSR count). The van der Waals surface area contributed by atoms with E-state index >= 15 is 0 Å². The molecule has 0 fully saturated rings. The molecule has 0 spiro atoms. The largest absolute Gasteiger partial charge is 0.496 e. The Bertz CT molecular complexity index is 481. The first-order valence-corrected chi connectivity index (χ1v) is 6.24. The molecule has 1 aromatic rings. The third-order valence-electron chi connectivity index (χ3n) is 3.54. The molecule has 19 heavy (non-hydrogen) atoms. The van der Waals surface area contributed by atoms with Crippen LogP contribution in [0.5, 0.6) is 5.75 Å². The van der Waals surface area contributed by atoms with Gasteiger partial charge in [0.15, 0.2) is 0 Å². The fraction of sp³-hybridized carbons (Fsp3) is 0.533. The van der Waals surface area contributed by atoms with Gasteiger partial charge in [0.2, 0.25) is 0 Å². The lowest BCUT2D eigenvalue weighted by Crippen LogP contribution is -2.30. The summed E-state index contributed by atoms with van der Waals surface area (Å²) in [5.74, 6) is 0.599. The van der Waals surface area contributed by atoms with Crippen molar-refractivity contribution in [2.45, 2.75) is 26.8 Å². The highest BCUT2D eigenvalue weighted by molar-refractivity contribution is 5.79. The first kappa shape index (κ1) is 15.5. The normalized spacial score (nSPS) is 12.4. The number of carbonyl (C=O) groups excluding carboxylic acids is 1. The van der Waals surface area contributed by atoms with Crippen LogP contribution in [-0.2, 0) is 9.53 Å². The smallest absolute Gasteiger partial charge is 0.327 e. The zero-order valence-corrected chi connectivity index (χ0v) is 12.8. The van der Waals surface area contributed by atoms with Crippen molar-refractivity contribution < 1.29 is 14.3 Å². The molecule has 0 aliphatic carbocycles. The van der Waals surface area contributed by atoms with Crippen molar-refractivity contribution in [2.75, 3.05) is 28.3 Å². The van der Waals surface area contributed by atoms with Gasteiger partial charge in [0, 0.05) is 0 Å². The minimum atomic E-state index is -0.394. The lowest BCUT2D eigenvalue weighted by molar-refractivity contribution is -0.146. The topological polar surface area (TPSA) is 38.8 Å². The van der Waals surface area contributed by atoms with E-state index in [9.17, 15) is 4.79 Å². The summed E-state index contributed by atoms with van der Waals surface area (Å²) in [6.45, 7) is 6.00. The summed E-state index contributed by atoms with van der Waals surface area (Å²) >= 11 is 0. The van der Waals surface area contributed by atoms with E-state index in [4.69, 9.17) is 9.47 Å². The lowest BCUT2D eigenvalue weighted by atomic mass is 9.91. The number of ether oxygens (including phenoxy) is 2. The number of hydrogen-bond acceptors (Lipinski definition) is 4. The van der Waals surface area contributed by atoms with Crippen LogP contribution in [0.3, 0.4) is 0 Å². The van der Waals surface area contributed by atoms with E-state index in [1.165, 1.54) is 7.11 Å². The highest BCUT2D eigenvalue weighted by Crippen LogP contribution is 2.33. The molecule has 1 aromatic carbocycles. The number of methoxy groups -OCH3 is 2. The Morgan fingerprint density at radius 2 is 1.74 bits per heavy atom. The van der Waals surface area contributed by atoms with E-state index in [2.05, 4.69) is 0 Å². The Kier molecular flexibility index (Phi) is 4.95. The number of esters is 1. The monoisotopic (exact) mass is 265 g/mol. The molecule has 0 saturated heterocycles. The number of hydrogen-bond donors (Lipinski definition) is 0. The predicted molar refractivity (Wildman–Crippen MR) is 75.6 cm³/mol. The second-order valence-electron chi connectivity index (χ2n) is 4.95. The van der Waals surface area contributed by atoms with Crippen LogP contribution in [-0.4, -0.2) is 39.2 Å². The molecule has 4 nitrogen and oxygen atoms in total. The maximum Gasteiger partial charge on any atom is 0.327 e. The van der Waals surface area contributed by atoms with Gasteiger partial charge in [0.1, 0.15) is 11.8 Å². The molecule has 0 N–H and O–H groups in total. The van der Waals surface area contributed by atoms with Crippen molar-refractivity contribution in [3.05, 3.63) is 28.3 Å². The molecular formula is C15H23NO3. The Morgan fingerprint density at radius 3 is 2.16 bits per heavy atom. The van der Waals surface area contributed by atoms with Gasteiger partial charge in [-0.1, -0.05) is 0 Å². The highest BCUT2D eigenvalue weighted by atomic mass is 16.5. The van der Waals surface area contributed by atoms with Crippen molar-refractivity contribution in [1.29, 1.82) is 0 Å². The summed E-state index contributed by atoms with van der Waals surface area (Å²) in [6, 6.07) is 1.58. The van der Waals surface area contributed by atoms with Gasteiger partial charge >= 0.3 is 5.97 Å². The molecule has 0 radical (unpaired) electrons. The minimum absolute atomic E-state index is 0.249. The number of benzene rings is 1. The SMILES string of the molecule is COC(=O)C(c1c(C)cc(OC)c(C)c1C)N(C)C. The van der Waals surface area contributed by atoms with Crippen LogP contribution in [0.4, 0.5) is 0 Å². The maximum absolute atomic E-state index is 12.0.